The van der Waals surface area contributed by atoms with Crippen LogP contribution in [0.2, 0.25) is 0 Å². The predicted octanol–water partition coefficient (Wildman–Crippen LogP) is 1.64. The summed E-state index contributed by atoms with van der Waals surface area (Å²) in [5.41, 5.74) is 0.855. The molecule has 0 aliphatic carbocycles. The first-order valence-electron chi connectivity index (χ1n) is 4.62. The molecule has 0 aliphatic rings. The van der Waals surface area contributed by atoms with Crippen LogP contribution in [-0.4, -0.2) is 16.2 Å². The highest BCUT2D eigenvalue weighted by Gasteiger charge is 2.16. The number of H-pyrrole nitrogens is 1. The maximum atomic E-state index is 11.1. The molecule has 2 N–H and O–H groups in total. The lowest BCUT2D eigenvalue weighted by molar-refractivity contribution is 0.0697. The molecule has 2 aromatic rings. The summed E-state index contributed by atoms with van der Waals surface area (Å²) in [5, 5.41) is 11.4. The number of carbonyl (C=O) groups is 1. The molecule has 5 heteroatoms. The monoisotopic (exact) mass is 219 g/mol. The lowest BCUT2D eigenvalue weighted by Crippen LogP contribution is -2.01. The Hall–Kier alpha value is -2.30. The molecule has 1 aromatic carbocycles. The average Bonchev–Trinajstić information content (AvgIpc) is 2.60. The van der Waals surface area contributed by atoms with E-state index in [1.165, 1.54) is 6.07 Å². The molecule has 2 rings (SSSR count). The SMILES string of the molecule is Cc1c(-c2ccccc2C(=O)O)[nH]oc1=O. The Morgan fingerprint density at radius 2 is 2.06 bits per heavy atom. The fraction of sp³-hybridized carbons (Fsp3) is 0.0909. The summed E-state index contributed by atoms with van der Waals surface area (Å²) in [6, 6.07) is 6.42. The lowest BCUT2D eigenvalue weighted by atomic mass is 10.0. The summed E-state index contributed by atoms with van der Waals surface area (Å²) in [4.78, 5) is 22.1. The third kappa shape index (κ3) is 1.52. The summed E-state index contributed by atoms with van der Waals surface area (Å²) in [7, 11) is 0. The molecule has 0 unspecified atom stereocenters. The highest BCUT2D eigenvalue weighted by molar-refractivity contribution is 5.95. The van der Waals surface area contributed by atoms with Crippen molar-refractivity contribution in [2.75, 3.05) is 0 Å². The summed E-state index contributed by atoms with van der Waals surface area (Å²) in [6.07, 6.45) is 0. The second kappa shape index (κ2) is 3.69. The van der Waals surface area contributed by atoms with Crippen molar-refractivity contribution >= 4 is 5.97 Å². The van der Waals surface area contributed by atoms with Crippen LogP contribution in [0.3, 0.4) is 0 Å². The Labute approximate surface area is 90.3 Å². The first-order valence-corrected chi connectivity index (χ1v) is 4.62. The topological polar surface area (TPSA) is 83.3 Å². The first kappa shape index (κ1) is 10.2. The van der Waals surface area contributed by atoms with Gasteiger partial charge < -0.3 is 9.63 Å². The van der Waals surface area contributed by atoms with Crippen LogP contribution in [0, 0.1) is 6.92 Å². The third-order valence-electron chi connectivity index (χ3n) is 2.35. The summed E-state index contributed by atoms with van der Waals surface area (Å²) < 4.78 is 4.61. The Bertz CT molecular complexity index is 594. The zero-order valence-electron chi connectivity index (χ0n) is 8.48. The Morgan fingerprint density at radius 3 is 2.62 bits per heavy atom. The quantitative estimate of drug-likeness (QED) is 0.804. The minimum absolute atomic E-state index is 0.127. The molecule has 5 nitrogen and oxygen atoms in total. The molecule has 1 aromatic heterocycles. The largest absolute Gasteiger partial charge is 0.478 e. The van der Waals surface area contributed by atoms with E-state index in [4.69, 9.17) is 5.11 Å². The van der Waals surface area contributed by atoms with Crippen LogP contribution in [0.15, 0.2) is 33.6 Å². The molecule has 0 fully saturated rings. The van der Waals surface area contributed by atoms with Crippen LogP contribution in [-0.2, 0) is 0 Å². The fourth-order valence-electron chi connectivity index (χ4n) is 1.50. The number of hydrogen-bond donors (Lipinski definition) is 2. The van der Waals surface area contributed by atoms with E-state index in [2.05, 4.69) is 9.68 Å². The number of rotatable bonds is 2. The number of nitrogens with one attached hydrogen (secondary N) is 1. The van der Waals surface area contributed by atoms with Gasteiger partial charge in [0, 0.05) is 5.56 Å². The van der Waals surface area contributed by atoms with Gasteiger partial charge in [0.2, 0.25) is 0 Å². The molecule has 0 radical (unpaired) electrons. The van der Waals surface area contributed by atoms with Gasteiger partial charge in [-0.05, 0) is 13.0 Å². The van der Waals surface area contributed by atoms with Crippen LogP contribution < -0.4 is 5.63 Å². The Kier molecular flexibility index (Phi) is 2.36. The van der Waals surface area contributed by atoms with Gasteiger partial charge in [0.25, 0.3) is 0 Å². The van der Waals surface area contributed by atoms with Crippen molar-refractivity contribution in [3.8, 4) is 11.3 Å². The number of hydrogen-bond acceptors (Lipinski definition) is 3. The number of carboxylic acids is 1. The third-order valence-corrected chi connectivity index (χ3v) is 2.35. The molecule has 0 spiro atoms. The Morgan fingerprint density at radius 1 is 1.38 bits per heavy atom. The summed E-state index contributed by atoms with van der Waals surface area (Å²) in [6.45, 7) is 1.58. The summed E-state index contributed by atoms with van der Waals surface area (Å²) >= 11 is 0. The number of carboxylic acid groups (broad SMARTS) is 1. The number of benzene rings is 1. The first-order chi connectivity index (χ1) is 7.61. The molecule has 0 aliphatic heterocycles. The average molecular weight is 219 g/mol. The van der Waals surface area contributed by atoms with Gasteiger partial charge in [-0.2, -0.15) is 0 Å². The van der Waals surface area contributed by atoms with Crippen LogP contribution >= 0.6 is 0 Å². The van der Waals surface area contributed by atoms with Crippen LogP contribution in [0.25, 0.3) is 11.3 Å². The van der Waals surface area contributed by atoms with Gasteiger partial charge in [0.15, 0.2) is 0 Å². The molecule has 0 bridgehead atoms. The molecule has 16 heavy (non-hydrogen) atoms. The number of aromatic nitrogens is 1. The van der Waals surface area contributed by atoms with Gasteiger partial charge in [-0.1, -0.05) is 18.2 Å². The highest BCUT2D eigenvalue weighted by atomic mass is 16.5. The van der Waals surface area contributed by atoms with E-state index in [0.29, 0.717) is 16.8 Å². The van der Waals surface area contributed by atoms with Crippen molar-refractivity contribution in [2.24, 2.45) is 0 Å². The molecule has 0 saturated heterocycles. The van der Waals surface area contributed by atoms with Crippen LogP contribution in [0.4, 0.5) is 0 Å². The zero-order valence-corrected chi connectivity index (χ0v) is 8.48. The lowest BCUT2D eigenvalue weighted by Gasteiger charge is -2.02. The van der Waals surface area contributed by atoms with Gasteiger partial charge >= 0.3 is 11.6 Å². The molecule has 0 amide bonds. The molecule has 1 heterocycles. The minimum atomic E-state index is -1.04. The van der Waals surface area contributed by atoms with Gasteiger partial charge in [-0.3, -0.25) is 0 Å². The van der Waals surface area contributed by atoms with E-state index in [1.807, 2.05) is 0 Å². The van der Waals surface area contributed by atoms with Crippen molar-refractivity contribution < 1.29 is 14.4 Å². The zero-order chi connectivity index (χ0) is 11.7. The second-order valence-electron chi connectivity index (χ2n) is 3.34. The van der Waals surface area contributed by atoms with Crippen molar-refractivity contribution in [2.45, 2.75) is 6.92 Å². The van der Waals surface area contributed by atoms with E-state index < -0.39 is 11.6 Å². The van der Waals surface area contributed by atoms with E-state index in [-0.39, 0.29) is 5.56 Å². The molecule has 82 valence electrons. The van der Waals surface area contributed by atoms with Gasteiger partial charge in [0.05, 0.1) is 16.8 Å². The maximum absolute atomic E-state index is 11.1. The minimum Gasteiger partial charge on any atom is -0.478 e. The number of aromatic carboxylic acids is 1. The van der Waals surface area contributed by atoms with E-state index >= 15 is 0 Å². The van der Waals surface area contributed by atoms with E-state index in [0.717, 1.165) is 0 Å². The van der Waals surface area contributed by atoms with Gasteiger partial charge in [0.1, 0.15) is 0 Å². The molecular weight excluding hydrogens is 210 g/mol. The van der Waals surface area contributed by atoms with Crippen LogP contribution in [0.5, 0.6) is 0 Å². The van der Waals surface area contributed by atoms with E-state index in [1.54, 1.807) is 25.1 Å². The van der Waals surface area contributed by atoms with Crippen molar-refractivity contribution in [1.82, 2.24) is 5.16 Å². The normalized spacial score (nSPS) is 10.3. The summed E-state index contributed by atoms with van der Waals surface area (Å²) in [5.74, 6) is -1.04. The molecule has 0 atom stereocenters. The van der Waals surface area contributed by atoms with E-state index in [9.17, 15) is 9.59 Å². The fourth-order valence-corrected chi connectivity index (χ4v) is 1.50. The molecular formula is C11H9NO4. The predicted molar refractivity (Wildman–Crippen MR) is 56.5 cm³/mol. The van der Waals surface area contributed by atoms with Crippen LogP contribution in [0.1, 0.15) is 15.9 Å². The standard InChI is InChI=1S/C11H9NO4/c1-6-9(12-16-11(6)15)7-4-2-3-5-8(7)10(13)14/h2-5,12H,1H3,(H,13,14). The highest BCUT2D eigenvalue weighted by Crippen LogP contribution is 2.23. The van der Waals surface area contributed by atoms with Crippen molar-refractivity contribution in [1.29, 1.82) is 0 Å². The van der Waals surface area contributed by atoms with Gasteiger partial charge in [-0.15, -0.1) is 0 Å². The second-order valence-corrected chi connectivity index (χ2v) is 3.34. The Balaban J connectivity index is 2.69. The smallest absolute Gasteiger partial charge is 0.360 e. The van der Waals surface area contributed by atoms with Crippen molar-refractivity contribution in [3.05, 3.63) is 45.8 Å². The maximum Gasteiger partial charge on any atom is 0.360 e. The van der Waals surface area contributed by atoms with Crippen molar-refractivity contribution in [3.63, 3.8) is 0 Å². The molecule has 0 saturated carbocycles. The number of aromatic amines is 1. The van der Waals surface area contributed by atoms with Gasteiger partial charge in [-0.25, -0.2) is 14.7 Å².